The lowest BCUT2D eigenvalue weighted by Gasteiger charge is -2.13. The van der Waals surface area contributed by atoms with Gasteiger partial charge in [-0.15, -0.1) is 0 Å². The molecule has 112 valence electrons. The number of anilines is 1. The van der Waals surface area contributed by atoms with E-state index in [1.165, 1.54) is 18.3 Å². The fourth-order valence-corrected chi connectivity index (χ4v) is 3.79. The first-order chi connectivity index (χ1) is 9.85. The molecule has 0 radical (unpaired) electrons. The van der Waals surface area contributed by atoms with Gasteiger partial charge in [-0.05, 0) is 36.2 Å². The summed E-state index contributed by atoms with van der Waals surface area (Å²) in [5, 5.41) is 0. The van der Waals surface area contributed by atoms with Crippen molar-refractivity contribution in [2.75, 3.05) is 4.72 Å². The van der Waals surface area contributed by atoms with Gasteiger partial charge in [-0.3, -0.25) is 9.71 Å². The highest BCUT2D eigenvalue weighted by atomic mass is 79.9. The molecular weight excluding hydrogens is 361 g/mol. The summed E-state index contributed by atoms with van der Waals surface area (Å²) in [7, 11) is -3.92. The molecule has 0 atom stereocenters. The number of sulfonamides is 1. The van der Waals surface area contributed by atoms with Crippen LogP contribution >= 0.6 is 15.9 Å². The third-order valence-electron chi connectivity index (χ3n) is 2.90. The summed E-state index contributed by atoms with van der Waals surface area (Å²) in [5.41, 5.74) is 6.58. The van der Waals surface area contributed by atoms with E-state index in [4.69, 9.17) is 5.73 Å². The molecule has 0 unspecified atom stereocenters. The van der Waals surface area contributed by atoms with Crippen LogP contribution in [-0.2, 0) is 16.6 Å². The number of benzene rings is 1. The van der Waals surface area contributed by atoms with Gasteiger partial charge in [-0.2, -0.15) is 0 Å². The molecule has 21 heavy (non-hydrogen) atoms. The summed E-state index contributed by atoms with van der Waals surface area (Å²) in [5.74, 6) is -0.743. The van der Waals surface area contributed by atoms with E-state index in [2.05, 4.69) is 25.6 Å². The van der Waals surface area contributed by atoms with Crippen LogP contribution in [0.1, 0.15) is 11.1 Å². The summed E-state index contributed by atoms with van der Waals surface area (Å²) in [6.45, 7) is 1.85. The Balaban J connectivity index is 2.50. The fraction of sp³-hybridized carbons (Fsp3) is 0.154. The minimum absolute atomic E-state index is 0.0496. The van der Waals surface area contributed by atoms with Gasteiger partial charge in [0.05, 0.1) is 16.8 Å². The molecule has 0 fully saturated rings. The molecule has 1 heterocycles. The normalized spacial score (nSPS) is 11.4. The minimum Gasteiger partial charge on any atom is -0.326 e. The van der Waals surface area contributed by atoms with E-state index in [-0.39, 0.29) is 17.1 Å². The predicted molar refractivity (Wildman–Crippen MR) is 81.8 cm³/mol. The van der Waals surface area contributed by atoms with E-state index in [1.54, 1.807) is 13.0 Å². The molecule has 0 amide bonds. The van der Waals surface area contributed by atoms with Crippen LogP contribution in [0.15, 0.2) is 40.0 Å². The molecule has 5 nitrogen and oxygen atoms in total. The zero-order valence-corrected chi connectivity index (χ0v) is 13.5. The summed E-state index contributed by atoms with van der Waals surface area (Å²) >= 11 is 3.30. The average molecular weight is 374 g/mol. The number of nitrogens with one attached hydrogen (secondary N) is 1. The van der Waals surface area contributed by atoms with E-state index in [1.807, 2.05) is 0 Å². The highest BCUT2D eigenvalue weighted by Crippen LogP contribution is 2.27. The lowest BCUT2D eigenvalue weighted by atomic mass is 10.1. The van der Waals surface area contributed by atoms with E-state index in [9.17, 15) is 12.8 Å². The Labute approximate surface area is 130 Å². The van der Waals surface area contributed by atoms with Crippen molar-refractivity contribution in [3.8, 4) is 0 Å². The summed E-state index contributed by atoms with van der Waals surface area (Å²) in [4.78, 5) is 3.62. The quantitative estimate of drug-likeness (QED) is 0.862. The van der Waals surface area contributed by atoms with E-state index >= 15 is 0 Å². The molecule has 0 spiro atoms. The zero-order chi connectivity index (χ0) is 15.6. The maximum Gasteiger partial charge on any atom is 0.262 e. The number of halogens is 2. The van der Waals surface area contributed by atoms with Crippen LogP contribution in [0.2, 0.25) is 0 Å². The SMILES string of the molecule is Cc1c(Br)cc(CN)cc1S(=O)(=O)Nc1ccncc1F. The highest BCUT2D eigenvalue weighted by molar-refractivity contribution is 9.10. The highest BCUT2D eigenvalue weighted by Gasteiger charge is 2.20. The van der Waals surface area contributed by atoms with Gasteiger partial charge in [0, 0.05) is 17.2 Å². The third kappa shape index (κ3) is 3.39. The standard InChI is InChI=1S/C13H13BrFN3O2S/c1-8-10(14)4-9(6-16)5-13(8)21(19,20)18-12-2-3-17-7-11(12)15/h2-5,7H,6,16H2,1H3,(H,17,18). The Kier molecular flexibility index (Phi) is 4.60. The van der Waals surface area contributed by atoms with Crippen molar-refractivity contribution >= 4 is 31.6 Å². The Morgan fingerprint density at radius 1 is 1.43 bits per heavy atom. The number of hydrogen-bond donors (Lipinski definition) is 2. The van der Waals surface area contributed by atoms with Gasteiger partial charge >= 0.3 is 0 Å². The van der Waals surface area contributed by atoms with Crippen molar-refractivity contribution in [1.29, 1.82) is 0 Å². The maximum atomic E-state index is 13.5. The Morgan fingerprint density at radius 3 is 2.76 bits per heavy atom. The van der Waals surface area contributed by atoms with Crippen LogP contribution in [0, 0.1) is 12.7 Å². The van der Waals surface area contributed by atoms with Crippen LogP contribution in [0.4, 0.5) is 10.1 Å². The van der Waals surface area contributed by atoms with E-state index < -0.39 is 15.8 Å². The minimum atomic E-state index is -3.92. The lowest BCUT2D eigenvalue weighted by Crippen LogP contribution is -2.16. The molecule has 8 heteroatoms. The molecule has 1 aromatic carbocycles. The smallest absolute Gasteiger partial charge is 0.262 e. The monoisotopic (exact) mass is 373 g/mol. The van der Waals surface area contributed by atoms with Gasteiger partial charge < -0.3 is 5.73 Å². The van der Waals surface area contributed by atoms with Gasteiger partial charge in [0.15, 0.2) is 5.82 Å². The second kappa shape index (κ2) is 6.08. The van der Waals surface area contributed by atoms with Crippen molar-refractivity contribution in [3.05, 3.63) is 52.0 Å². The van der Waals surface area contributed by atoms with Crippen molar-refractivity contribution < 1.29 is 12.8 Å². The van der Waals surface area contributed by atoms with Gasteiger partial charge in [0.25, 0.3) is 10.0 Å². The van der Waals surface area contributed by atoms with Crippen molar-refractivity contribution in [2.45, 2.75) is 18.4 Å². The van der Waals surface area contributed by atoms with Crippen LogP contribution in [0.5, 0.6) is 0 Å². The molecule has 3 N–H and O–H groups in total. The molecular formula is C13H13BrFN3O2S. The number of nitrogens with zero attached hydrogens (tertiary/aromatic N) is 1. The molecule has 2 aromatic rings. The molecule has 0 saturated heterocycles. The van der Waals surface area contributed by atoms with Crippen molar-refractivity contribution in [3.63, 3.8) is 0 Å². The van der Waals surface area contributed by atoms with Gasteiger partial charge in [-0.1, -0.05) is 15.9 Å². The van der Waals surface area contributed by atoms with Crippen LogP contribution < -0.4 is 10.5 Å². The van der Waals surface area contributed by atoms with Crippen molar-refractivity contribution in [2.24, 2.45) is 5.73 Å². The number of aromatic nitrogens is 1. The third-order valence-corrected chi connectivity index (χ3v) is 5.21. The number of pyridine rings is 1. The average Bonchev–Trinajstić information content (AvgIpc) is 2.43. The maximum absolute atomic E-state index is 13.5. The molecule has 0 aliphatic carbocycles. The zero-order valence-electron chi connectivity index (χ0n) is 11.1. The van der Waals surface area contributed by atoms with Crippen LogP contribution in [0.25, 0.3) is 0 Å². The van der Waals surface area contributed by atoms with Gasteiger partial charge in [-0.25, -0.2) is 12.8 Å². The van der Waals surface area contributed by atoms with Crippen molar-refractivity contribution in [1.82, 2.24) is 4.98 Å². The first kappa shape index (κ1) is 15.9. The number of rotatable bonds is 4. The molecule has 2 rings (SSSR count). The summed E-state index contributed by atoms with van der Waals surface area (Å²) in [6, 6.07) is 4.48. The van der Waals surface area contributed by atoms with E-state index in [0.717, 1.165) is 6.20 Å². The second-order valence-electron chi connectivity index (χ2n) is 4.37. The fourth-order valence-electron chi connectivity index (χ4n) is 1.76. The molecule has 0 aliphatic rings. The van der Waals surface area contributed by atoms with Gasteiger partial charge in [0.2, 0.25) is 0 Å². The number of nitrogens with two attached hydrogens (primary N) is 1. The Bertz CT molecular complexity index is 781. The largest absolute Gasteiger partial charge is 0.326 e. The Morgan fingerprint density at radius 2 is 2.14 bits per heavy atom. The second-order valence-corrected chi connectivity index (χ2v) is 6.87. The first-order valence-corrected chi connectivity index (χ1v) is 8.24. The van der Waals surface area contributed by atoms with Crippen LogP contribution in [0.3, 0.4) is 0 Å². The lowest BCUT2D eigenvalue weighted by molar-refractivity contribution is 0.597. The topological polar surface area (TPSA) is 85.1 Å². The predicted octanol–water partition coefficient (Wildman–Crippen LogP) is 2.55. The van der Waals surface area contributed by atoms with Gasteiger partial charge in [0.1, 0.15) is 0 Å². The van der Waals surface area contributed by atoms with E-state index in [0.29, 0.717) is 15.6 Å². The molecule has 0 saturated carbocycles. The molecule has 0 bridgehead atoms. The number of hydrogen-bond acceptors (Lipinski definition) is 4. The Hall–Kier alpha value is -1.51. The molecule has 0 aliphatic heterocycles. The van der Waals surface area contributed by atoms with Crippen LogP contribution in [-0.4, -0.2) is 13.4 Å². The molecule has 1 aromatic heterocycles. The first-order valence-electron chi connectivity index (χ1n) is 5.96. The summed E-state index contributed by atoms with van der Waals surface area (Å²) < 4.78 is 41.3. The summed E-state index contributed by atoms with van der Waals surface area (Å²) in [6.07, 6.45) is 2.25.